The monoisotopic (exact) mass is 513 g/mol. The molecular weight excluding hydrogens is 481 g/mol. The zero-order chi connectivity index (χ0) is 24.9. The van der Waals surface area contributed by atoms with E-state index in [1.165, 1.54) is 6.33 Å². The minimum Gasteiger partial charge on any atom is -0.461 e. The highest BCUT2D eigenvalue weighted by atomic mass is 31.2. The first-order valence-electron chi connectivity index (χ1n) is 12.4. The average molecular weight is 514 g/mol. The number of fused-ring (bicyclic) bond motifs is 1. The highest BCUT2D eigenvalue weighted by molar-refractivity contribution is 7.45. The summed E-state index contributed by atoms with van der Waals surface area (Å²) in [6.45, 7) is 2.10. The molecule has 192 valence electrons. The molecule has 0 radical (unpaired) electrons. The Bertz CT molecular complexity index is 1160. The number of anilines is 1. The van der Waals surface area contributed by atoms with Crippen molar-refractivity contribution in [3.8, 4) is 5.75 Å². The van der Waals surface area contributed by atoms with E-state index in [9.17, 15) is 4.79 Å². The van der Waals surface area contributed by atoms with Gasteiger partial charge in [-0.2, -0.15) is 5.10 Å². The first-order chi connectivity index (χ1) is 17.6. The van der Waals surface area contributed by atoms with Gasteiger partial charge in [0.15, 0.2) is 5.82 Å². The number of esters is 1. The molecule has 3 N–H and O–H groups in total. The quantitative estimate of drug-likeness (QED) is 0.301. The predicted molar refractivity (Wildman–Crippen MR) is 135 cm³/mol. The number of ether oxygens (including phenoxy) is 2. The smallest absolute Gasteiger partial charge is 0.323 e. The molecule has 4 unspecified atom stereocenters. The molecule has 1 saturated heterocycles. The van der Waals surface area contributed by atoms with Crippen LogP contribution in [0.5, 0.6) is 5.75 Å². The lowest BCUT2D eigenvalue weighted by Gasteiger charge is -2.24. The molecule has 1 aromatic carbocycles. The Morgan fingerprint density at radius 1 is 1.19 bits per heavy atom. The summed E-state index contributed by atoms with van der Waals surface area (Å²) in [5, 5.41) is 7.51. The van der Waals surface area contributed by atoms with E-state index in [0.717, 1.165) is 49.7 Å². The van der Waals surface area contributed by atoms with Crippen LogP contribution >= 0.6 is 8.53 Å². The second-order valence-corrected chi connectivity index (χ2v) is 10.4. The molecule has 1 aliphatic heterocycles. The molecule has 5 rings (SSSR count). The van der Waals surface area contributed by atoms with E-state index in [1.54, 1.807) is 11.4 Å². The van der Waals surface area contributed by atoms with Crippen LogP contribution in [0.4, 0.5) is 5.82 Å². The minimum absolute atomic E-state index is 0.0125. The summed E-state index contributed by atoms with van der Waals surface area (Å²) in [5.74, 6) is 0.812. The molecule has 1 saturated carbocycles. The molecule has 3 aromatic rings. The Balaban J connectivity index is 1.19. The lowest BCUT2D eigenvalue weighted by molar-refractivity contribution is -0.150. The van der Waals surface area contributed by atoms with Crippen LogP contribution in [-0.2, 0) is 18.8 Å². The number of hydrogen-bond acceptors (Lipinski definition) is 9. The van der Waals surface area contributed by atoms with Crippen molar-refractivity contribution in [2.75, 3.05) is 12.3 Å². The zero-order valence-electron chi connectivity index (χ0n) is 20.3. The summed E-state index contributed by atoms with van der Waals surface area (Å²) in [7, 11) is -1.61. The van der Waals surface area contributed by atoms with Crippen LogP contribution in [0.15, 0.2) is 48.8 Å². The van der Waals surface area contributed by atoms with Crippen LogP contribution in [0.2, 0.25) is 0 Å². The molecule has 36 heavy (non-hydrogen) atoms. The standard InChI is InChI=1S/C25H32N5O5P/c1-17(25(31)34-18-7-5-6-8-18)29-36(35-19-9-3-2-4-10-19)32-15-20-11-14-23(33-20)21-12-13-22-24(26)27-16-28-30(21)22/h2-4,9-10,12-13,16-18,20,23,29H,5-8,11,14-15H2,1H3,(H2,26,27,28). The first-order valence-corrected chi connectivity index (χ1v) is 13.6. The summed E-state index contributed by atoms with van der Waals surface area (Å²) in [4.78, 5) is 16.7. The van der Waals surface area contributed by atoms with Crippen LogP contribution in [0.1, 0.15) is 57.2 Å². The summed E-state index contributed by atoms with van der Waals surface area (Å²) >= 11 is 0. The molecule has 0 spiro atoms. The van der Waals surface area contributed by atoms with Crippen molar-refractivity contribution in [1.82, 2.24) is 19.7 Å². The Kier molecular flexibility index (Phi) is 7.96. The van der Waals surface area contributed by atoms with Gasteiger partial charge in [0.2, 0.25) is 0 Å². The van der Waals surface area contributed by atoms with E-state index in [0.29, 0.717) is 18.2 Å². The molecular formula is C25H32N5O5P. The molecule has 11 heteroatoms. The Hall–Kier alpha value is -2.78. The fraction of sp³-hybridized carbons (Fsp3) is 0.480. The van der Waals surface area contributed by atoms with Crippen LogP contribution in [0, 0.1) is 0 Å². The first kappa shape index (κ1) is 24.9. The predicted octanol–water partition coefficient (Wildman–Crippen LogP) is 4.32. The van der Waals surface area contributed by atoms with Gasteiger partial charge >= 0.3 is 14.5 Å². The maximum atomic E-state index is 12.6. The Labute approximate surface area is 211 Å². The number of nitrogen functional groups attached to an aromatic ring is 1. The number of nitrogens with zero attached hydrogens (tertiary/aromatic N) is 3. The molecule has 4 atom stereocenters. The van der Waals surface area contributed by atoms with Gasteiger partial charge in [0.05, 0.1) is 18.4 Å². The van der Waals surface area contributed by atoms with Crippen molar-refractivity contribution < 1.29 is 23.3 Å². The highest BCUT2D eigenvalue weighted by Gasteiger charge is 2.31. The molecule has 2 fully saturated rings. The van der Waals surface area contributed by atoms with Gasteiger partial charge in [0.1, 0.15) is 35.8 Å². The highest BCUT2D eigenvalue weighted by Crippen LogP contribution is 2.39. The van der Waals surface area contributed by atoms with Gasteiger partial charge in [-0.3, -0.25) is 4.79 Å². The summed E-state index contributed by atoms with van der Waals surface area (Å²) in [5.41, 5.74) is 7.66. The van der Waals surface area contributed by atoms with Crippen LogP contribution < -0.4 is 15.3 Å². The van der Waals surface area contributed by atoms with E-state index in [4.69, 9.17) is 24.3 Å². The molecule has 0 bridgehead atoms. The number of aromatic nitrogens is 3. The fourth-order valence-corrected chi connectivity index (χ4v) is 5.78. The second kappa shape index (κ2) is 11.5. The molecule has 10 nitrogen and oxygen atoms in total. The molecule has 3 heterocycles. The third-order valence-electron chi connectivity index (χ3n) is 6.50. The normalized spacial score (nSPS) is 22.0. The summed E-state index contributed by atoms with van der Waals surface area (Å²) < 4.78 is 25.9. The second-order valence-electron chi connectivity index (χ2n) is 9.18. The zero-order valence-corrected chi connectivity index (χ0v) is 21.2. The number of hydrogen-bond donors (Lipinski definition) is 2. The van der Waals surface area contributed by atoms with E-state index in [-0.39, 0.29) is 24.3 Å². The van der Waals surface area contributed by atoms with E-state index in [1.807, 2.05) is 42.5 Å². The van der Waals surface area contributed by atoms with Crippen molar-refractivity contribution in [2.45, 2.75) is 69.8 Å². The largest absolute Gasteiger partial charge is 0.461 e. The van der Waals surface area contributed by atoms with E-state index < -0.39 is 14.6 Å². The van der Waals surface area contributed by atoms with E-state index in [2.05, 4.69) is 15.2 Å². The van der Waals surface area contributed by atoms with E-state index >= 15 is 0 Å². The van der Waals surface area contributed by atoms with Crippen molar-refractivity contribution in [3.05, 3.63) is 54.5 Å². The third-order valence-corrected chi connectivity index (χ3v) is 7.85. The van der Waals surface area contributed by atoms with Gasteiger partial charge in [-0.25, -0.2) is 14.6 Å². The third kappa shape index (κ3) is 5.95. The Morgan fingerprint density at radius 2 is 2.00 bits per heavy atom. The molecule has 2 aliphatic rings. The average Bonchev–Trinajstić information content (AvgIpc) is 3.64. The number of benzene rings is 1. The van der Waals surface area contributed by atoms with Crippen LogP contribution in [-0.4, -0.2) is 45.4 Å². The molecule has 0 amide bonds. The van der Waals surface area contributed by atoms with Crippen LogP contribution in [0.3, 0.4) is 0 Å². The Morgan fingerprint density at radius 3 is 2.81 bits per heavy atom. The number of nitrogens with one attached hydrogen (secondary N) is 1. The lowest BCUT2D eigenvalue weighted by Crippen LogP contribution is -2.35. The fourth-order valence-electron chi connectivity index (χ4n) is 4.56. The number of carbonyl (C=O) groups excluding carboxylic acids is 1. The van der Waals surface area contributed by atoms with Crippen molar-refractivity contribution >= 4 is 25.8 Å². The molecule has 1 aliphatic carbocycles. The van der Waals surface area contributed by atoms with Crippen LogP contribution in [0.25, 0.3) is 5.52 Å². The summed E-state index contributed by atoms with van der Waals surface area (Å²) in [6, 6.07) is 12.7. The maximum Gasteiger partial charge on any atom is 0.323 e. The van der Waals surface area contributed by atoms with Gasteiger partial charge < -0.3 is 24.3 Å². The maximum absolute atomic E-state index is 12.6. The van der Waals surface area contributed by atoms with Gasteiger partial charge in [0.25, 0.3) is 0 Å². The van der Waals surface area contributed by atoms with Crippen molar-refractivity contribution in [1.29, 1.82) is 0 Å². The number of nitrogens with two attached hydrogens (primary N) is 1. The lowest BCUT2D eigenvalue weighted by atomic mass is 10.1. The number of para-hydroxylation sites is 1. The summed E-state index contributed by atoms with van der Waals surface area (Å²) in [6.07, 6.45) is 6.95. The minimum atomic E-state index is -1.61. The van der Waals surface area contributed by atoms with Gasteiger partial charge in [-0.05, 0) is 69.7 Å². The molecule has 2 aromatic heterocycles. The topological polar surface area (TPSA) is 122 Å². The van der Waals surface area contributed by atoms with Crippen molar-refractivity contribution in [3.63, 3.8) is 0 Å². The van der Waals surface area contributed by atoms with Crippen molar-refractivity contribution in [2.24, 2.45) is 0 Å². The number of carbonyl (C=O) groups is 1. The number of rotatable bonds is 10. The van der Waals surface area contributed by atoms with Gasteiger partial charge in [0, 0.05) is 0 Å². The van der Waals surface area contributed by atoms with Gasteiger partial charge in [-0.15, -0.1) is 0 Å². The van der Waals surface area contributed by atoms with Gasteiger partial charge in [-0.1, -0.05) is 18.2 Å². The SMILES string of the molecule is CC(NP(OCC1CCC(c2ccc3c(N)ncnn23)O1)Oc1ccccc1)C(=O)OC1CCCC1.